The topological polar surface area (TPSA) is 21.3 Å². The summed E-state index contributed by atoms with van der Waals surface area (Å²) in [7, 11) is 0. The van der Waals surface area contributed by atoms with Crippen LogP contribution in [0.5, 0.6) is 0 Å². The fourth-order valence-corrected chi connectivity index (χ4v) is 2.46. The standard InChI is InChI=1S/C13H17BrFNO/c1-13(5-2-6-17-9-13)16-8-10-3-4-12(15)11(14)7-10/h3-4,7,16H,2,5-6,8-9H2,1H3. The maximum absolute atomic E-state index is 13.1. The summed E-state index contributed by atoms with van der Waals surface area (Å²) >= 11 is 3.20. The van der Waals surface area contributed by atoms with Gasteiger partial charge in [-0.3, -0.25) is 0 Å². The number of rotatable bonds is 3. The summed E-state index contributed by atoms with van der Waals surface area (Å²) in [5.41, 5.74) is 1.11. The summed E-state index contributed by atoms with van der Waals surface area (Å²) in [4.78, 5) is 0. The second-order valence-corrected chi connectivity index (χ2v) is 5.67. The van der Waals surface area contributed by atoms with Crippen molar-refractivity contribution in [3.63, 3.8) is 0 Å². The van der Waals surface area contributed by atoms with Crippen LogP contribution in [0.3, 0.4) is 0 Å². The lowest BCUT2D eigenvalue weighted by Gasteiger charge is -2.34. The average Bonchev–Trinajstić information content (AvgIpc) is 2.32. The lowest BCUT2D eigenvalue weighted by atomic mass is 9.94. The van der Waals surface area contributed by atoms with E-state index in [4.69, 9.17) is 4.74 Å². The number of ether oxygens (including phenoxy) is 1. The smallest absolute Gasteiger partial charge is 0.137 e. The molecule has 1 heterocycles. The third-order valence-corrected chi connectivity index (χ3v) is 3.75. The highest BCUT2D eigenvalue weighted by molar-refractivity contribution is 9.10. The Morgan fingerprint density at radius 3 is 3.00 bits per heavy atom. The molecule has 0 aromatic heterocycles. The third-order valence-electron chi connectivity index (χ3n) is 3.14. The van der Waals surface area contributed by atoms with Gasteiger partial charge in [0.2, 0.25) is 0 Å². The fourth-order valence-electron chi connectivity index (χ4n) is 2.04. The van der Waals surface area contributed by atoms with E-state index in [-0.39, 0.29) is 11.4 Å². The molecule has 4 heteroatoms. The number of benzene rings is 1. The van der Waals surface area contributed by atoms with E-state index < -0.39 is 0 Å². The van der Waals surface area contributed by atoms with E-state index in [1.807, 2.05) is 6.07 Å². The monoisotopic (exact) mass is 301 g/mol. The van der Waals surface area contributed by atoms with E-state index in [0.29, 0.717) is 4.47 Å². The molecule has 0 saturated carbocycles. The molecule has 1 atom stereocenters. The van der Waals surface area contributed by atoms with Crippen LogP contribution in [-0.2, 0) is 11.3 Å². The predicted octanol–water partition coefficient (Wildman–Crippen LogP) is 3.25. The number of hydrogen-bond acceptors (Lipinski definition) is 2. The zero-order valence-corrected chi connectivity index (χ0v) is 11.5. The van der Waals surface area contributed by atoms with Gasteiger partial charge >= 0.3 is 0 Å². The predicted molar refractivity (Wildman–Crippen MR) is 69.4 cm³/mol. The molecule has 1 saturated heterocycles. The van der Waals surface area contributed by atoms with E-state index in [1.54, 1.807) is 6.07 Å². The van der Waals surface area contributed by atoms with Crippen molar-refractivity contribution in [2.45, 2.75) is 31.8 Å². The van der Waals surface area contributed by atoms with Crippen molar-refractivity contribution in [2.75, 3.05) is 13.2 Å². The van der Waals surface area contributed by atoms with Gasteiger partial charge in [0, 0.05) is 18.7 Å². The van der Waals surface area contributed by atoms with Crippen LogP contribution in [0, 0.1) is 5.82 Å². The van der Waals surface area contributed by atoms with Gasteiger partial charge in [-0.05, 0) is 53.4 Å². The summed E-state index contributed by atoms with van der Waals surface area (Å²) < 4.78 is 19.1. The van der Waals surface area contributed by atoms with Crippen molar-refractivity contribution in [2.24, 2.45) is 0 Å². The molecule has 2 rings (SSSR count). The zero-order valence-electron chi connectivity index (χ0n) is 9.93. The van der Waals surface area contributed by atoms with Crippen LogP contribution in [-0.4, -0.2) is 18.8 Å². The van der Waals surface area contributed by atoms with Crippen LogP contribution in [0.15, 0.2) is 22.7 Å². The van der Waals surface area contributed by atoms with E-state index in [9.17, 15) is 4.39 Å². The molecule has 0 spiro atoms. The molecule has 1 fully saturated rings. The second-order valence-electron chi connectivity index (χ2n) is 4.82. The molecule has 94 valence electrons. The van der Waals surface area contributed by atoms with Gasteiger partial charge < -0.3 is 10.1 Å². The molecule has 0 bridgehead atoms. The van der Waals surface area contributed by atoms with Crippen LogP contribution in [0.1, 0.15) is 25.3 Å². The van der Waals surface area contributed by atoms with Crippen molar-refractivity contribution in [1.82, 2.24) is 5.32 Å². The molecule has 0 amide bonds. The SMILES string of the molecule is CC1(NCc2ccc(F)c(Br)c2)CCCOC1. The Balaban J connectivity index is 1.94. The van der Waals surface area contributed by atoms with E-state index in [0.717, 1.165) is 38.2 Å². The first-order chi connectivity index (χ1) is 8.09. The Bertz CT molecular complexity index is 391. The van der Waals surface area contributed by atoms with Gasteiger partial charge in [-0.1, -0.05) is 6.07 Å². The average molecular weight is 302 g/mol. The minimum absolute atomic E-state index is 0.0408. The largest absolute Gasteiger partial charge is 0.380 e. The number of nitrogens with one attached hydrogen (secondary N) is 1. The molecule has 0 radical (unpaired) electrons. The zero-order chi connectivity index (χ0) is 12.3. The second kappa shape index (κ2) is 5.46. The highest BCUT2D eigenvalue weighted by Gasteiger charge is 2.26. The van der Waals surface area contributed by atoms with Crippen molar-refractivity contribution >= 4 is 15.9 Å². The molecule has 0 aliphatic carbocycles. The van der Waals surface area contributed by atoms with E-state index in [2.05, 4.69) is 28.2 Å². The van der Waals surface area contributed by atoms with E-state index in [1.165, 1.54) is 6.07 Å². The van der Waals surface area contributed by atoms with Crippen LogP contribution >= 0.6 is 15.9 Å². The maximum Gasteiger partial charge on any atom is 0.137 e. The third kappa shape index (κ3) is 3.50. The highest BCUT2D eigenvalue weighted by atomic mass is 79.9. The van der Waals surface area contributed by atoms with Gasteiger partial charge in [0.15, 0.2) is 0 Å². The number of halogens is 2. The molecule has 1 aromatic carbocycles. The van der Waals surface area contributed by atoms with Crippen molar-refractivity contribution in [3.05, 3.63) is 34.1 Å². The van der Waals surface area contributed by atoms with Crippen LogP contribution in [0.4, 0.5) is 4.39 Å². The van der Waals surface area contributed by atoms with Gasteiger partial charge in [0.1, 0.15) is 5.82 Å². The van der Waals surface area contributed by atoms with Crippen molar-refractivity contribution in [3.8, 4) is 0 Å². The van der Waals surface area contributed by atoms with Crippen molar-refractivity contribution < 1.29 is 9.13 Å². The first-order valence-electron chi connectivity index (χ1n) is 5.86. The van der Waals surface area contributed by atoms with Crippen LogP contribution in [0.2, 0.25) is 0 Å². The molecule has 1 aliphatic heterocycles. The summed E-state index contributed by atoms with van der Waals surface area (Å²) in [6.07, 6.45) is 2.21. The van der Waals surface area contributed by atoms with Gasteiger partial charge in [-0.2, -0.15) is 0 Å². The summed E-state index contributed by atoms with van der Waals surface area (Å²) in [5.74, 6) is -0.221. The first kappa shape index (κ1) is 13.0. The molecule has 2 nitrogen and oxygen atoms in total. The van der Waals surface area contributed by atoms with Crippen LogP contribution < -0.4 is 5.32 Å². The lowest BCUT2D eigenvalue weighted by Crippen LogP contribution is -2.48. The lowest BCUT2D eigenvalue weighted by molar-refractivity contribution is 0.0278. The highest BCUT2D eigenvalue weighted by Crippen LogP contribution is 2.20. The Labute approximate surface area is 110 Å². The molecule has 1 N–H and O–H groups in total. The Kier molecular flexibility index (Phi) is 4.17. The van der Waals surface area contributed by atoms with Crippen LogP contribution in [0.25, 0.3) is 0 Å². The minimum atomic E-state index is -0.221. The maximum atomic E-state index is 13.1. The Hall–Kier alpha value is -0.450. The summed E-state index contributed by atoms with van der Waals surface area (Å²) in [6, 6.07) is 5.11. The molecule has 17 heavy (non-hydrogen) atoms. The van der Waals surface area contributed by atoms with E-state index >= 15 is 0 Å². The summed E-state index contributed by atoms with van der Waals surface area (Å²) in [6.45, 7) is 4.51. The quantitative estimate of drug-likeness (QED) is 0.925. The van der Waals surface area contributed by atoms with Gasteiger partial charge in [-0.25, -0.2) is 4.39 Å². The van der Waals surface area contributed by atoms with Crippen molar-refractivity contribution in [1.29, 1.82) is 0 Å². The minimum Gasteiger partial charge on any atom is -0.380 e. The molecule has 1 aromatic rings. The number of hydrogen-bond donors (Lipinski definition) is 1. The van der Waals surface area contributed by atoms with Gasteiger partial charge in [0.05, 0.1) is 11.1 Å². The molecule has 1 unspecified atom stereocenters. The normalized spacial score (nSPS) is 24.9. The fraction of sp³-hybridized carbons (Fsp3) is 0.538. The first-order valence-corrected chi connectivity index (χ1v) is 6.65. The molecule has 1 aliphatic rings. The molecular formula is C13H17BrFNO. The Morgan fingerprint density at radius 2 is 2.35 bits per heavy atom. The summed E-state index contributed by atoms with van der Waals surface area (Å²) in [5, 5.41) is 3.49. The van der Waals surface area contributed by atoms with Gasteiger partial charge in [0.25, 0.3) is 0 Å². The molecular weight excluding hydrogens is 285 g/mol. The van der Waals surface area contributed by atoms with Gasteiger partial charge in [-0.15, -0.1) is 0 Å². The Morgan fingerprint density at radius 1 is 1.53 bits per heavy atom.